The number of aromatic nitrogens is 1. The maximum Gasteiger partial charge on any atom is 0.338 e. The van der Waals surface area contributed by atoms with Crippen molar-refractivity contribution < 1.29 is 28.5 Å². The Bertz CT molecular complexity index is 2080. The van der Waals surface area contributed by atoms with Gasteiger partial charge in [0.15, 0.2) is 27.8 Å². The minimum absolute atomic E-state index is 0.155. The Labute approximate surface area is 277 Å². The summed E-state index contributed by atoms with van der Waals surface area (Å²) in [5.74, 6) is 1.17. The molecular formula is C34H30BrN3O7S. The SMILES string of the molecule is CCOC(=O)C1=C(C)N=c2s/c(=C\c3cc(OC)c(OCc4ccccc4C#N)cc3Br)c(=O)n2C1c1cccc(OC)c1OC. The lowest BCUT2D eigenvalue weighted by atomic mass is 9.94. The molecule has 10 nitrogen and oxygen atoms in total. The number of carbonyl (C=O) groups is 1. The van der Waals surface area contributed by atoms with Crippen LogP contribution in [0.15, 0.2) is 80.1 Å². The van der Waals surface area contributed by atoms with Crippen molar-refractivity contribution in [1.82, 2.24) is 4.57 Å². The molecule has 0 radical (unpaired) electrons. The monoisotopic (exact) mass is 703 g/mol. The Morgan fingerprint density at radius 2 is 1.83 bits per heavy atom. The zero-order valence-corrected chi connectivity index (χ0v) is 28.2. The van der Waals surface area contributed by atoms with Gasteiger partial charge >= 0.3 is 5.97 Å². The summed E-state index contributed by atoms with van der Waals surface area (Å²) < 4.78 is 30.8. The fourth-order valence-electron chi connectivity index (χ4n) is 5.20. The summed E-state index contributed by atoms with van der Waals surface area (Å²) >= 11 is 4.80. The Hall–Kier alpha value is -4.86. The fraction of sp³-hybridized carbons (Fsp3) is 0.235. The molecule has 0 saturated heterocycles. The summed E-state index contributed by atoms with van der Waals surface area (Å²) in [4.78, 5) is 32.6. The second-order valence-electron chi connectivity index (χ2n) is 9.97. The molecule has 236 valence electrons. The van der Waals surface area contributed by atoms with E-state index in [1.54, 1.807) is 62.4 Å². The van der Waals surface area contributed by atoms with Gasteiger partial charge in [0.05, 0.1) is 55.4 Å². The number of carbonyl (C=O) groups excluding carboxylic acids is 1. The number of para-hydroxylation sites is 1. The first-order valence-electron chi connectivity index (χ1n) is 14.1. The predicted molar refractivity (Wildman–Crippen MR) is 176 cm³/mol. The maximum atomic E-state index is 14.2. The topological polar surface area (TPSA) is 121 Å². The van der Waals surface area contributed by atoms with E-state index in [2.05, 4.69) is 27.0 Å². The van der Waals surface area contributed by atoms with Gasteiger partial charge in [0.2, 0.25) is 0 Å². The number of methoxy groups -OCH3 is 3. The van der Waals surface area contributed by atoms with Gasteiger partial charge < -0.3 is 23.7 Å². The summed E-state index contributed by atoms with van der Waals surface area (Å²) in [6.45, 7) is 3.76. The lowest BCUT2D eigenvalue weighted by Crippen LogP contribution is -2.40. The van der Waals surface area contributed by atoms with Gasteiger partial charge in [0, 0.05) is 15.6 Å². The van der Waals surface area contributed by atoms with E-state index in [0.29, 0.717) is 59.2 Å². The molecule has 0 saturated carbocycles. The van der Waals surface area contributed by atoms with Crippen LogP contribution in [0.5, 0.6) is 23.0 Å². The number of rotatable bonds is 10. The number of ether oxygens (including phenoxy) is 5. The highest BCUT2D eigenvalue weighted by Gasteiger charge is 2.35. The van der Waals surface area contributed by atoms with Crippen molar-refractivity contribution in [2.75, 3.05) is 27.9 Å². The number of halogens is 1. The first-order valence-corrected chi connectivity index (χ1v) is 15.8. The van der Waals surface area contributed by atoms with Crippen LogP contribution >= 0.6 is 27.3 Å². The highest BCUT2D eigenvalue weighted by Crippen LogP contribution is 2.40. The molecule has 1 unspecified atom stereocenters. The fourth-order valence-corrected chi connectivity index (χ4v) is 6.67. The van der Waals surface area contributed by atoms with Crippen molar-refractivity contribution >= 4 is 39.3 Å². The minimum Gasteiger partial charge on any atom is -0.493 e. The molecule has 0 bridgehead atoms. The highest BCUT2D eigenvalue weighted by atomic mass is 79.9. The number of allylic oxidation sites excluding steroid dienone is 1. The molecule has 0 spiro atoms. The molecule has 1 atom stereocenters. The first kappa shape index (κ1) is 32.5. The molecule has 0 amide bonds. The van der Waals surface area contributed by atoms with E-state index in [0.717, 1.165) is 5.56 Å². The van der Waals surface area contributed by atoms with E-state index < -0.39 is 12.0 Å². The summed E-state index contributed by atoms with van der Waals surface area (Å²) in [6, 6.07) is 17.3. The van der Waals surface area contributed by atoms with E-state index in [1.807, 2.05) is 12.1 Å². The van der Waals surface area contributed by atoms with Crippen LogP contribution in [0.1, 0.15) is 42.1 Å². The van der Waals surface area contributed by atoms with Gasteiger partial charge in [-0.3, -0.25) is 9.36 Å². The molecule has 5 rings (SSSR count). The Morgan fingerprint density at radius 3 is 2.52 bits per heavy atom. The van der Waals surface area contributed by atoms with Gasteiger partial charge in [-0.15, -0.1) is 0 Å². The van der Waals surface area contributed by atoms with E-state index >= 15 is 0 Å². The molecule has 0 aliphatic carbocycles. The van der Waals surface area contributed by atoms with Crippen LogP contribution in [0.3, 0.4) is 0 Å². The maximum absolute atomic E-state index is 14.2. The van der Waals surface area contributed by atoms with Crippen LogP contribution in [0.4, 0.5) is 0 Å². The zero-order valence-electron chi connectivity index (χ0n) is 25.8. The lowest BCUT2D eigenvalue weighted by molar-refractivity contribution is -0.139. The number of nitrogens with zero attached hydrogens (tertiary/aromatic N) is 3. The number of benzene rings is 3. The Kier molecular flexibility index (Phi) is 9.94. The minimum atomic E-state index is -0.882. The summed E-state index contributed by atoms with van der Waals surface area (Å²) in [6.07, 6.45) is 1.73. The van der Waals surface area contributed by atoms with Crippen LogP contribution in [0, 0.1) is 11.3 Å². The van der Waals surface area contributed by atoms with Gasteiger partial charge in [-0.05, 0) is 49.8 Å². The number of thiazole rings is 1. The van der Waals surface area contributed by atoms with E-state index in [4.69, 9.17) is 23.7 Å². The van der Waals surface area contributed by atoms with Crippen LogP contribution in [0.2, 0.25) is 0 Å². The molecule has 46 heavy (non-hydrogen) atoms. The number of hydrogen-bond acceptors (Lipinski definition) is 10. The molecule has 0 N–H and O–H groups in total. The summed E-state index contributed by atoms with van der Waals surface area (Å²) in [5.41, 5.74) is 2.79. The van der Waals surface area contributed by atoms with Crippen molar-refractivity contribution in [3.05, 3.63) is 112 Å². The molecule has 1 aromatic heterocycles. The number of nitriles is 1. The second kappa shape index (κ2) is 14.1. The van der Waals surface area contributed by atoms with Gasteiger partial charge in [-0.1, -0.05) is 57.6 Å². The van der Waals surface area contributed by atoms with Gasteiger partial charge in [0.1, 0.15) is 12.6 Å². The third-order valence-corrected chi connectivity index (χ3v) is 9.01. The molecule has 12 heteroatoms. The number of fused-ring (bicyclic) bond motifs is 1. The quantitative estimate of drug-likeness (QED) is 0.211. The van der Waals surface area contributed by atoms with E-state index in [9.17, 15) is 14.9 Å². The van der Waals surface area contributed by atoms with Crippen molar-refractivity contribution in [3.63, 3.8) is 0 Å². The van der Waals surface area contributed by atoms with Crippen molar-refractivity contribution in [1.29, 1.82) is 5.26 Å². The van der Waals surface area contributed by atoms with Crippen LogP contribution in [0.25, 0.3) is 6.08 Å². The molecule has 0 fully saturated rings. The molecule has 2 heterocycles. The number of hydrogen-bond donors (Lipinski definition) is 0. The predicted octanol–water partition coefficient (Wildman–Crippen LogP) is 5.04. The molecule has 1 aliphatic heterocycles. The largest absolute Gasteiger partial charge is 0.493 e. The van der Waals surface area contributed by atoms with Crippen molar-refractivity contribution in [2.45, 2.75) is 26.5 Å². The van der Waals surface area contributed by atoms with Crippen molar-refractivity contribution in [2.24, 2.45) is 4.99 Å². The zero-order chi connectivity index (χ0) is 33.0. The Balaban J connectivity index is 1.62. The van der Waals surface area contributed by atoms with Gasteiger partial charge in [-0.2, -0.15) is 5.26 Å². The molecule has 4 aromatic rings. The van der Waals surface area contributed by atoms with Crippen LogP contribution in [-0.2, 0) is 16.1 Å². The van der Waals surface area contributed by atoms with Crippen LogP contribution in [-0.4, -0.2) is 38.5 Å². The third kappa shape index (κ3) is 6.16. The lowest BCUT2D eigenvalue weighted by Gasteiger charge is -2.26. The van der Waals surface area contributed by atoms with E-state index in [1.165, 1.54) is 37.2 Å². The second-order valence-corrected chi connectivity index (χ2v) is 11.8. The first-order chi connectivity index (χ1) is 22.3. The van der Waals surface area contributed by atoms with Gasteiger partial charge in [0.25, 0.3) is 5.56 Å². The van der Waals surface area contributed by atoms with Gasteiger partial charge in [-0.25, -0.2) is 9.79 Å². The van der Waals surface area contributed by atoms with E-state index in [-0.39, 0.29) is 24.3 Å². The third-order valence-electron chi connectivity index (χ3n) is 7.34. The molecular weight excluding hydrogens is 674 g/mol. The number of esters is 1. The molecule has 1 aliphatic rings. The average molecular weight is 705 g/mol. The summed E-state index contributed by atoms with van der Waals surface area (Å²) in [5, 5.41) is 9.42. The smallest absolute Gasteiger partial charge is 0.338 e. The normalized spacial score (nSPS) is 14.2. The average Bonchev–Trinajstić information content (AvgIpc) is 3.37. The molecule has 3 aromatic carbocycles. The Morgan fingerprint density at radius 1 is 1.07 bits per heavy atom. The summed E-state index contributed by atoms with van der Waals surface area (Å²) in [7, 11) is 4.55. The standard InChI is InChI=1S/C34H30BrN3O7S/c1-6-44-33(40)29-19(2)37-34-38(30(29)23-12-9-13-25(41-3)31(23)43-5)32(39)28(46-34)15-22-14-26(42-4)27(16-24(22)35)45-18-21-11-8-7-10-20(21)17-36/h7-16,30H,6,18H2,1-5H3/b28-15-. The van der Waals surface area contributed by atoms with Crippen molar-refractivity contribution in [3.8, 4) is 29.1 Å². The highest BCUT2D eigenvalue weighted by molar-refractivity contribution is 9.10. The van der Waals surface area contributed by atoms with Crippen LogP contribution < -0.4 is 33.8 Å².